The Labute approximate surface area is 177 Å². The molecule has 2 aromatic rings. The fraction of sp³-hybridized carbons (Fsp3) is 0.348. The average Bonchev–Trinajstić information content (AvgIpc) is 2.77. The van der Waals surface area contributed by atoms with Crippen molar-refractivity contribution < 1.29 is 28.5 Å². The highest BCUT2D eigenvalue weighted by Crippen LogP contribution is 2.39. The zero-order chi connectivity index (χ0) is 21.9. The molecule has 0 spiro atoms. The van der Waals surface area contributed by atoms with E-state index in [2.05, 4.69) is 12.2 Å². The van der Waals surface area contributed by atoms with Gasteiger partial charge in [0.15, 0.2) is 23.0 Å². The van der Waals surface area contributed by atoms with Crippen molar-refractivity contribution in [3.8, 4) is 28.7 Å². The number of methoxy groups -OCH3 is 4. The second kappa shape index (κ2) is 11.6. The first-order valence-corrected chi connectivity index (χ1v) is 9.66. The van der Waals surface area contributed by atoms with E-state index in [0.717, 1.165) is 18.4 Å². The molecule has 0 aliphatic heterocycles. The molecule has 0 heterocycles. The van der Waals surface area contributed by atoms with E-state index in [4.69, 9.17) is 23.7 Å². The Morgan fingerprint density at radius 2 is 1.57 bits per heavy atom. The van der Waals surface area contributed by atoms with E-state index in [1.807, 2.05) is 18.2 Å². The van der Waals surface area contributed by atoms with Crippen LogP contribution in [0.25, 0.3) is 6.08 Å². The first kappa shape index (κ1) is 22.9. The Kier molecular flexibility index (Phi) is 8.87. The lowest BCUT2D eigenvalue weighted by atomic mass is 10.2. The number of nitrogens with one attached hydrogen (secondary N) is 1. The molecular formula is C23H29NO6. The van der Waals surface area contributed by atoms with Gasteiger partial charge in [-0.05, 0) is 30.2 Å². The lowest BCUT2D eigenvalue weighted by molar-refractivity contribution is -0.111. The molecule has 0 fully saturated rings. The first-order valence-electron chi connectivity index (χ1n) is 9.66. The number of benzene rings is 2. The summed E-state index contributed by atoms with van der Waals surface area (Å²) in [7, 11) is 6.15. The van der Waals surface area contributed by atoms with Crippen LogP contribution in [0.3, 0.4) is 0 Å². The predicted octanol–water partition coefficient (Wildman–Crippen LogP) is 4.55. The van der Waals surface area contributed by atoms with E-state index < -0.39 is 0 Å². The molecule has 0 saturated heterocycles. The summed E-state index contributed by atoms with van der Waals surface area (Å²) in [6.45, 7) is 2.75. The van der Waals surface area contributed by atoms with Gasteiger partial charge in [-0.3, -0.25) is 4.79 Å². The summed E-state index contributed by atoms with van der Waals surface area (Å²) in [6.07, 6.45) is 5.18. The molecule has 0 aliphatic carbocycles. The summed E-state index contributed by atoms with van der Waals surface area (Å²) in [5.74, 6) is 2.38. The molecule has 30 heavy (non-hydrogen) atoms. The van der Waals surface area contributed by atoms with Crippen molar-refractivity contribution in [1.82, 2.24) is 0 Å². The summed E-state index contributed by atoms with van der Waals surface area (Å²) in [5.41, 5.74) is 1.34. The minimum Gasteiger partial charge on any atom is -0.493 e. The molecule has 0 radical (unpaired) electrons. The topological polar surface area (TPSA) is 75.3 Å². The zero-order valence-corrected chi connectivity index (χ0v) is 18.1. The molecule has 7 nitrogen and oxygen atoms in total. The molecule has 1 amide bonds. The van der Waals surface area contributed by atoms with Crippen LogP contribution in [0, 0.1) is 0 Å². The zero-order valence-electron chi connectivity index (χ0n) is 18.1. The molecular weight excluding hydrogens is 386 g/mol. The van der Waals surface area contributed by atoms with Crippen LogP contribution in [0.15, 0.2) is 36.4 Å². The van der Waals surface area contributed by atoms with Gasteiger partial charge < -0.3 is 29.0 Å². The van der Waals surface area contributed by atoms with Crippen molar-refractivity contribution >= 4 is 17.7 Å². The smallest absolute Gasteiger partial charge is 0.248 e. The van der Waals surface area contributed by atoms with E-state index >= 15 is 0 Å². The van der Waals surface area contributed by atoms with Crippen LogP contribution in [-0.2, 0) is 4.79 Å². The predicted molar refractivity (Wildman–Crippen MR) is 117 cm³/mol. The highest BCUT2D eigenvalue weighted by atomic mass is 16.5. The molecule has 0 aromatic heterocycles. The van der Waals surface area contributed by atoms with Crippen LogP contribution in [0.5, 0.6) is 28.7 Å². The second-order valence-electron chi connectivity index (χ2n) is 6.35. The van der Waals surface area contributed by atoms with Gasteiger partial charge in [-0.1, -0.05) is 19.4 Å². The number of carbonyl (C=O) groups excluding carboxylic acids is 1. The van der Waals surface area contributed by atoms with Crippen molar-refractivity contribution in [2.75, 3.05) is 40.4 Å². The van der Waals surface area contributed by atoms with Crippen molar-refractivity contribution in [2.24, 2.45) is 0 Å². The Bertz CT molecular complexity index is 853. The monoisotopic (exact) mass is 415 g/mol. The summed E-state index contributed by atoms with van der Waals surface area (Å²) < 4.78 is 27.0. The minimum absolute atomic E-state index is 0.300. The highest BCUT2D eigenvalue weighted by molar-refractivity contribution is 6.02. The number of amides is 1. The number of rotatable bonds is 11. The van der Waals surface area contributed by atoms with Crippen molar-refractivity contribution in [2.45, 2.75) is 19.8 Å². The van der Waals surface area contributed by atoms with Gasteiger partial charge in [-0.25, -0.2) is 0 Å². The molecule has 0 bridgehead atoms. The lowest BCUT2D eigenvalue weighted by Crippen LogP contribution is -2.08. The Balaban J connectivity index is 2.11. The molecule has 1 N–H and O–H groups in total. The van der Waals surface area contributed by atoms with Crippen LogP contribution in [-0.4, -0.2) is 41.0 Å². The van der Waals surface area contributed by atoms with Crippen LogP contribution < -0.4 is 29.0 Å². The summed E-state index contributed by atoms with van der Waals surface area (Å²) in [5, 5.41) is 2.79. The molecule has 2 aromatic carbocycles. The largest absolute Gasteiger partial charge is 0.493 e. The number of carbonyl (C=O) groups is 1. The molecule has 7 heteroatoms. The van der Waals surface area contributed by atoms with Gasteiger partial charge in [0.05, 0.1) is 35.0 Å². The maximum atomic E-state index is 12.4. The SMILES string of the molecule is CCCCOc1ccc(/C=C/C(=O)Nc2cc(OC)c(OC)c(OC)c2)cc1OC. The summed E-state index contributed by atoms with van der Waals surface area (Å²) in [4.78, 5) is 12.4. The maximum absolute atomic E-state index is 12.4. The Hall–Kier alpha value is -3.35. The van der Waals surface area contributed by atoms with E-state index in [-0.39, 0.29) is 5.91 Å². The van der Waals surface area contributed by atoms with Gasteiger partial charge in [-0.2, -0.15) is 0 Å². The number of hydrogen-bond donors (Lipinski definition) is 1. The van der Waals surface area contributed by atoms with Crippen LogP contribution in [0.4, 0.5) is 5.69 Å². The lowest BCUT2D eigenvalue weighted by Gasteiger charge is -2.14. The molecule has 0 saturated carbocycles. The van der Waals surface area contributed by atoms with Gasteiger partial charge in [0.2, 0.25) is 11.7 Å². The number of unbranched alkanes of at least 4 members (excludes halogenated alkanes) is 1. The normalized spacial score (nSPS) is 10.6. The van der Waals surface area contributed by atoms with E-state index in [1.54, 1.807) is 25.3 Å². The molecule has 2 rings (SSSR count). The standard InChI is InChI=1S/C23H29NO6/c1-6-7-12-30-18-10-8-16(13-19(18)26-2)9-11-22(25)24-17-14-20(27-3)23(29-5)21(15-17)28-4/h8-11,13-15H,6-7,12H2,1-5H3,(H,24,25)/b11-9+. The van der Waals surface area contributed by atoms with Gasteiger partial charge >= 0.3 is 0 Å². The maximum Gasteiger partial charge on any atom is 0.248 e. The fourth-order valence-electron chi connectivity index (χ4n) is 2.74. The van der Waals surface area contributed by atoms with Gasteiger partial charge in [0, 0.05) is 23.9 Å². The van der Waals surface area contributed by atoms with Gasteiger partial charge in [-0.15, -0.1) is 0 Å². The third-order valence-corrected chi connectivity index (χ3v) is 4.30. The van der Waals surface area contributed by atoms with E-state index in [0.29, 0.717) is 41.0 Å². The van der Waals surface area contributed by atoms with Gasteiger partial charge in [0.1, 0.15) is 0 Å². The quantitative estimate of drug-likeness (QED) is 0.429. The minimum atomic E-state index is -0.300. The molecule has 0 atom stereocenters. The molecule has 162 valence electrons. The van der Waals surface area contributed by atoms with Crippen LogP contribution in [0.1, 0.15) is 25.3 Å². The third kappa shape index (κ3) is 6.07. The van der Waals surface area contributed by atoms with E-state index in [1.165, 1.54) is 27.4 Å². The first-order chi connectivity index (χ1) is 14.6. The fourth-order valence-corrected chi connectivity index (χ4v) is 2.74. The Morgan fingerprint density at radius 1 is 0.900 bits per heavy atom. The van der Waals surface area contributed by atoms with Crippen molar-refractivity contribution in [3.05, 3.63) is 42.0 Å². The number of ether oxygens (including phenoxy) is 5. The molecule has 0 aliphatic rings. The highest BCUT2D eigenvalue weighted by Gasteiger charge is 2.14. The molecule has 0 unspecified atom stereocenters. The summed E-state index contributed by atoms with van der Waals surface area (Å²) in [6, 6.07) is 8.86. The second-order valence-corrected chi connectivity index (χ2v) is 6.35. The number of anilines is 1. The van der Waals surface area contributed by atoms with Crippen molar-refractivity contribution in [1.29, 1.82) is 0 Å². The van der Waals surface area contributed by atoms with Crippen molar-refractivity contribution in [3.63, 3.8) is 0 Å². The average molecular weight is 415 g/mol. The number of hydrogen-bond acceptors (Lipinski definition) is 6. The van der Waals surface area contributed by atoms with E-state index in [9.17, 15) is 4.79 Å². The van der Waals surface area contributed by atoms with Crippen LogP contribution >= 0.6 is 0 Å². The van der Waals surface area contributed by atoms with Gasteiger partial charge in [0.25, 0.3) is 0 Å². The summed E-state index contributed by atoms with van der Waals surface area (Å²) >= 11 is 0. The van der Waals surface area contributed by atoms with Crippen LogP contribution in [0.2, 0.25) is 0 Å². The Morgan fingerprint density at radius 3 is 2.13 bits per heavy atom. The third-order valence-electron chi connectivity index (χ3n) is 4.30.